The molecular formula is C12H16N2O3. The van der Waals surface area contributed by atoms with Gasteiger partial charge in [0.25, 0.3) is 0 Å². The van der Waals surface area contributed by atoms with Crippen LogP contribution in [-0.4, -0.2) is 36.3 Å². The van der Waals surface area contributed by atoms with E-state index < -0.39 is 5.97 Å². The van der Waals surface area contributed by atoms with E-state index in [1.807, 2.05) is 12.1 Å². The Hall–Kier alpha value is -1.78. The molecule has 92 valence electrons. The Balaban J connectivity index is 2.02. The van der Waals surface area contributed by atoms with Crippen molar-refractivity contribution < 1.29 is 14.6 Å². The van der Waals surface area contributed by atoms with Gasteiger partial charge in [0.05, 0.1) is 13.0 Å². The summed E-state index contributed by atoms with van der Waals surface area (Å²) in [5, 5.41) is 8.93. The molecule has 1 aliphatic heterocycles. The molecule has 0 aromatic carbocycles. The number of carbonyl (C=O) groups is 1. The third kappa shape index (κ3) is 2.67. The standard InChI is InChI=1S/C12H16N2O3/c1-17-11-8-10(2-5-13-11)14-6-3-9(4-7-14)12(15)16/h2,5,8-9H,3-4,6-7H2,1H3,(H,15,16). The zero-order chi connectivity index (χ0) is 12.3. The summed E-state index contributed by atoms with van der Waals surface area (Å²) >= 11 is 0. The lowest BCUT2D eigenvalue weighted by Crippen LogP contribution is -2.36. The van der Waals surface area contributed by atoms with Crippen LogP contribution < -0.4 is 9.64 Å². The van der Waals surface area contributed by atoms with Gasteiger partial charge in [-0.2, -0.15) is 0 Å². The molecule has 1 aromatic rings. The number of aromatic nitrogens is 1. The number of methoxy groups -OCH3 is 1. The quantitative estimate of drug-likeness (QED) is 0.859. The summed E-state index contributed by atoms with van der Waals surface area (Å²) in [5.41, 5.74) is 1.04. The Morgan fingerprint density at radius 3 is 2.82 bits per heavy atom. The highest BCUT2D eigenvalue weighted by molar-refractivity contribution is 5.70. The average Bonchev–Trinajstić information content (AvgIpc) is 2.39. The van der Waals surface area contributed by atoms with Gasteiger partial charge in [-0.25, -0.2) is 4.98 Å². The maximum atomic E-state index is 10.8. The van der Waals surface area contributed by atoms with Gasteiger partial charge >= 0.3 is 5.97 Å². The number of carboxylic acid groups (broad SMARTS) is 1. The Bertz CT molecular complexity index is 400. The molecule has 0 atom stereocenters. The third-order valence-electron chi connectivity index (χ3n) is 3.14. The Labute approximate surface area is 100 Å². The first-order valence-corrected chi connectivity index (χ1v) is 5.68. The monoisotopic (exact) mass is 236 g/mol. The smallest absolute Gasteiger partial charge is 0.306 e. The van der Waals surface area contributed by atoms with E-state index in [0.29, 0.717) is 18.7 Å². The predicted octanol–water partition coefficient (Wildman–Crippen LogP) is 1.39. The molecule has 0 spiro atoms. The average molecular weight is 236 g/mol. The summed E-state index contributed by atoms with van der Waals surface area (Å²) < 4.78 is 5.07. The molecule has 5 heteroatoms. The van der Waals surface area contributed by atoms with Gasteiger partial charge in [0.2, 0.25) is 5.88 Å². The molecular weight excluding hydrogens is 220 g/mol. The van der Waals surface area contributed by atoms with Crippen LogP contribution in [0.25, 0.3) is 0 Å². The van der Waals surface area contributed by atoms with Crippen molar-refractivity contribution in [3.8, 4) is 5.88 Å². The zero-order valence-corrected chi connectivity index (χ0v) is 9.80. The minimum absolute atomic E-state index is 0.199. The molecule has 0 radical (unpaired) electrons. The van der Waals surface area contributed by atoms with Gasteiger partial charge < -0.3 is 14.7 Å². The third-order valence-corrected chi connectivity index (χ3v) is 3.14. The van der Waals surface area contributed by atoms with Crippen molar-refractivity contribution in [1.82, 2.24) is 4.98 Å². The number of nitrogens with zero attached hydrogens (tertiary/aromatic N) is 2. The van der Waals surface area contributed by atoms with E-state index in [4.69, 9.17) is 9.84 Å². The second kappa shape index (κ2) is 5.03. The molecule has 5 nitrogen and oxygen atoms in total. The van der Waals surface area contributed by atoms with Gasteiger partial charge in [0.15, 0.2) is 0 Å². The fourth-order valence-corrected chi connectivity index (χ4v) is 2.09. The Morgan fingerprint density at radius 1 is 1.53 bits per heavy atom. The van der Waals surface area contributed by atoms with Gasteiger partial charge in [-0.3, -0.25) is 4.79 Å². The minimum atomic E-state index is -0.683. The second-order valence-corrected chi connectivity index (χ2v) is 4.16. The molecule has 2 rings (SSSR count). The van der Waals surface area contributed by atoms with Gasteiger partial charge in [-0.15, -0.1) is 0 Å². The van der Waals surface area contributed by atoms with E-state index in [1.54, 1.807) is 13.3 Å². The lowest BCUT2D eigenvalue weighted by atomic mass is 9.97. The summed E-state index contributed by atoms with van der Waals surface area (Å²) in [6.07, 6.45) is 3.09. The Morgan fingerprint density at radius 2 is 2.24 bits per heavy atom. The van der Waals surface area contributed by atoms with Crippen LogP contribution in [0.5, 0.6) is 5.88 Å². The number of aliphatic carboxylic acids is 1. The van der Waals surface area contributed by atoms with Crippen molar-refractivity contribution >= 4 is 11.7 Å². The first-order chi connectivity index (χ1) is 8.20. The van der Waals surface area contributed by atoms with Crippen molar-refractivity contribution in [1.29, 1.82) is 0 Å². The largest absolute Gasteiger partial charge is 0.481 e. The molecule has 1 aliphatic rings. The number of hydrogen-bond donors (Lipinski definition) is 1. The number of rotatable bonds is 3. The lowest BCUT2D eigenvalue weighted by Gasteiger charge is -2.31. The highest BCUT2D eigenvalue weighted by Gasteiger charge is 2.24. The van der Waals surface area contributed by atoms with E-state index in [0.717, 1.165) is 18.8 Å². The van der Waals surface area contributed by atoms with Crippen LogP contribution in [0, 0.1) is 5.92 Å². The van der Waals surface area contributed by atoms with E-state index >= 15 is 0 Å². The molecule has 1 aromatic heterocycles. The topological polar surface area (TPSA) is 62.7 Å². The molecule has 1 fully saturated rings. The van der Waals surface area contributed by atoms with Crippen molar-refractivity contribution in [3.05, 3.63) is 18.3 Å². The zero-order valence-electron chi connectivity index (χ0n) is 9.80. The van der Waals surface area contributed by atoms with E-state index in [-0.39, 0.29) is 5.92 Å². The van der Waals surface area contributed by atoms with E-state index in [1.165, 1.54) is 0 Å². The number of anilines is 1. The maximum Gasteiger partial charge on any atom is 0.306 e. The van der Waals surface area contributed by atoms with Gasteiger partial charge in [0.1, 0.15) is 0 Å². The lowest BCUT2D eigenvalue weighted by molar-refractivity contribution is -0.142. The van der Waals surface area contributed by atoms with Crippen LogP contribution in [0.15, 0.2) is 18.3 Å². The molecule has 0 bridgehead atoms. The second-order valence-electron chi connectivity index (χ2n) is 4.16. The van der Waals surface area contributed by atoms with Crippen LogP contribution in [0.2, 0.25) is 0 Å². The first kappa shape index (κ1) is 11.7. The van der Waals surface area contributed by atoms with Crippen LogP contribution in [0.1, 0.15) is 12.8 Å². The highest BCUT2D eigenvalue weighted by atomic mass is 16.5. The van der Waals surface area contributed by atoms with Crippen LogP contribution in [0.4, 0.5) is 5.69 Å². The SMILES string of the molecule is COc1cc(N2CCC(C(=O)O)CC2)ccn1. The number of hydrogen-bond acceptors (Lipinski definition) is 4. The first-order valence-electron chi connectivity index (χ1n) is 5.68. The van der Waals surface area contributed by atoms with Gasteiger partial charge in [-0.05, 0) is 18.9 Å². The van der Waals surface area contributed by atoms with Gasteiger partial charge in [0, 0.05) is 31.0 Å². The van der Waals surface area contributed by atoms with Crippen LogP contribution in [0.3, 0.4) is 0 Å². The van der Waals surface area contributed by atoms with Crippen LogP contribution >= 0.6 is 0 Å². The number of carboxylic acids is 1. The molecule has 1 N–H and O–H groups in total. The molecule has 0 aliphatic carbocycles. The summed E-state index contributed by atoms with van der Waals surface area (Å²) in [6.45, 7) is 1.54. The number of ether oxygens (including phenoxy) is 1. The summed E-state index contributed by atoms with van der Waals surface area (Å²) in [6, 6.07) is 3.80. The normalized spacial score (nSPS) is 16.9. The molecule has 0 unspecified atom stereocenters. The number of pyridine rings is 1. The summed E-state index contributed by atoms with van der Waals surface area (Å²) in [5.74, 6) is -0.296. The Kier molecular flexibility index (Phi) is 3.46. The van der Waals surface area contributed by atoms with E-state index in [9.17, 15) is 4.79 Å². The van der Waals surface area contributed by atoms with Crippen molar-refractivity contribution in [3.63, 3.8) is 0 Å². The molecule has 2 heterocycles. The summed E-state index contributed by atoms with van der Waals surface area (Å²) in [4.78, 5) is 17.1. The fraction of sp³-hybridized carbons (Fsp3) is 0.500. The predicted molar refractivity (Wildman–Crippen MR) is 63.4 cm³/mol. The van der Waals surface area contributed by atoms with Crippen molar-refractivity contribution in [2.75, 3.05) is 25.1 Å². The minimum Gasteiger partial charge on any atom is -0.481 e. The van der Waals surface area contributed by atoms with Crippen molar-refractivity contribution in [2.45, 2.75) is 12.8 Å². The maximum absolute atomic E-state index is 10.8. The fourth-order valence-electron chi connectivity index (χ4n) is 2.09. The highest BCUT2D eigenvalue weighted by Crippen LogP contribution is 2.25. The molecule has 0 amide bonds. The van der Waals surface area contributed by atoms with Crippen LogP contribution in [-0.2, 0) is 4.79 Å². The molecule has 1 saturated heterocycles. The van der Waals surface area contributed by atoms with E-state index in [2.05, 4.69) is 9.88 Å². The molecule has 17 heavy (non-hydrogen) atoms. The number of piperidine rings is 1. The van der Waals surface area contributed by atoms with Crippen molar-refractivity contribution in [2.24, 2.45) is 5.92 Å². The summed E-state index contributed by atoms with van der Waals surface area (Å²) in [7, 11) is 1.59. The molecule has 0 saturated carbocycles. The van der Waals surface area contributed by atoms with Gasteiger partial charge in [-0.1, -0.05) is 0 Å².